The topological polar surface area (TPSA) is 25.8 Å². The summed E-state index contributed by atoms with van der Waals surface area (Å²) in [6, 6.07) is 12.8. The van der Waals surface area contributed by atoms with Crippen LogP contribution in [0.1, 0.15) is 24.3 Å². The van der Waals surface area contributed by atoms with Gasteiger partial charge < -0.3 is 0 Å². The van der Waals surface area contributed by atoms with Crippen LogP contribution in [-0.4, -0.2) is 9.97 Å². The second kappa shape index (κ2) is 6.36. The molecule has 0 spiro atoms. The molecule has 1 fully saturated rings. The van der Waals surface area contributed by atoms with Crippen LogP contribution in [0.4, 0.5) is 8.78 Å². The molecule has 0 atom stereocenters. The van der Waals surface area contributed by atoms with Crippen molar-refractivity contribution in [3.05, 3.63) is 71.1 Å². The lowest BCUT2D eigenvalue weighted by atomic mass is 9.96. The summed E-state index contributed by atoms with van der Waals surface area (Å²) in [7, 11) is 0. The molecule has 0 radical (unpaired) electrons. The highest BCUT2D eigenvalue weighted by Crippen LogP contribution is 2.47. The maximum Gasteiger partial charge on any atom is 0.223 e. The first-order chi connectivity index (χ1) is 13.1. The molecule has 2 aromatic heterocycles. The Morgan fingerprint density at radius 1 is 1.04 bits per heavy atom. The Balaban J connectivity index is 1.73. The van der Waals surface area contributed by atoms with Gasteiger partial charge in [-0.2, -0.15) is 0 Å². The lowest BCUT2D eigenvalue weighted by molar-refractivity contribution is 0.618. The third-order valence-electron chi connectivity index (χ3n) is 4.81. The number of nitrogens with zero attached hydrogens (tertiary/aromatic N) is 2. The number of rotatable bonds is 3. The van der Waals surface area contributed by atoms with Crippen LogP contribution in [-0.2, 0) is 0 Å². The van der Waals surface area contributed by atoms with Gasteiger partial charge in [-0.15, -0.1) is 11.3 Å². The molecule has 1 aliphatic carbocycles. The predicted octanol–water partition coefficient (Wildman–Crippen LogP) is 6.83. The van der Waals surface area contributed by atoms with Gasteiger partial charge in [0, 0.05) is 4.70 Å². The lowest BCUT2D eigenvalue weighted by Gasteiger charge is -2.10. The third kappa shape index (κ3) is 3.01. The summed E-state index contributed by atoms with van der Waals surface area (Å²) < 4.78 is 29.2. The molecule has 0 aliphatic heterocycles. The van der Waals surface area contributed by atoms with E-state index in [0.717, 1.165) is 40.3 Å². The first kappa shape index (κ1) is 16.8. The molecule has 0 unspecified atom stereocenters. The summed E-state index contributed by atoms with van der Waals surface area (Å²) in [6.07, 6.45) is 3.34. The van der Waals surface area contributed by atoms with Gasteiger partial charge in [0.05, 0.1) is 11.1 Å². The van der Waals surface area contributed by atoms with E-state index in [0.29, 0.717) is 10.8 Å². The summed E-state index contributed by atoms with van der Waals surface area (Å²) in [4.78, 5) is 8.38. The summed E-state index contributed by atoms with van der Waals surface area (Å²) in [6.45, 7) is 0. The van der Waals surface area contributed by atoms with E-state index < -0.39 is 5.82 Å². The highest BCUT2D eigenvalue weighted by Gasteiger charge is 2.27. The van der Waals surface area contributed by atoms with Gasteiger partial charge in [0.15, 0.2) is 5.82 Å². The molecular formula is C21H13ClF2N2S. The Kier molecular flexibility index (Phi) is 3.95. The molecule has 6 heteroatoms. The van der Waals surface area contributed by atoms with Crippen LogP contribution in [0.5, 0.6) is 0 Å². The Morgan fingerprint density at radius 2 is 1.89 bits per heavy atom. The lowest BCUT2D eigenvalue weighted by Crippen LogP contribution is -1.90. The van der Waals surface area contributed by atoms with Crippen molar-refractivity contribution in [3.8, 4) is 21.7 Å². The molecule has 2 nitrogen and oxygen atoms in total. The van der Waals surface area contributed by atoms with Crippen molar-refractivity contribution in [2.45, 2.75) is 18.8 Å². The standard InChI is InChI=1S/C21H13ClF2N2S/c22-21-25-10-17(24)19(26-21)18-8-12-2-1-3-15(20(12)27-18)16-9-13(23)6-7-14(16)11-4-5-11/h1-3,6-11H,4-5H2. The van der Waals surface area contributed by atoms with Crippen LogP contribution in [0.15, 0.2) is 48.7 Å². The molecule has 5 rings (SSSR count). The fourth-order valence-electron chi connectivity index (χ4n) is 3.42. The van der Waals surface area contributed by atoms with E-state index in [1.807, 2.05) is 30.3 Å². The van der Waals surface area contributed by atoms with E-state index >= 15 is 0 Å². The summed E-state index contributed by atoms with van der Waals surface area (Å²) in [5.74, 6) is -0.276. The third-order valence-corrected chi connectivity index (χ3v) is 6.19. The van der Waals surface area contributed by atoms with E-state index in [1.165, 1.54) is 23.0 Å². The van der Waals surface area contributed by atoms with Crippen LogP contribution in [0, 0.1) is 11.6 Å². The number of thiophene rings is 1. The van der Waals surface area contributed by atoms with E-state index in [4.69, 9.17) is 11.6 Å². The van der Waals surface area contributed by atoms with Gasteiger partial charge >= 0.3 is 0 Å². The van der Waals surface area contributed by atoms with Gasteiger partial charge in [0.2, 0.25) is 5.28 Å². The molecular weight excluding hydrogens is 386 g/mol. The van der Waals surface area contributed by atoms with Gasteiger partial charge in [-0.25, -0.2) is 18.7 Å². The molecule has 134 valence electrons. The molecule has 1 aliphatic rings. The first-order valence-electron chi connectivity index (χ1n) is 8.61. The van der Waals surface area contributed by atoms with E-state index in [-0.39, 0.29) is 16.8 Å². The molecule has 0 amide bonds. The maximum atomic E-state index is 14.2. The van der Waals surface area contributed by atoms with Crippen LogP contribution in [0.2, 0.25) is 5.28 Å². The zero-order chi connectivity index (χ0) is 18.5. The number of hydrogen-bond acceptors (Lipinski definition) is 3. The minimum Gasteiger partial charge on any atom is -0.223 e. The summed E-state index contributed by atoms with van der Waals surface area (Å²) >= 11 is 7.28. The van der Waals surface area contributed by atoms with Crippen molar-refractivity contribution in [2.24, 2.45) is 0 Å². The average Bonchev–Trinajstić information content (AvgIpc) is 3.41. The fourth-order valence-corrected chi connectivity index (χ4v) is 4.73. The van der Waals surface area contributed by atoms with Crippen molar-refractivity contribution >= 4 is 33.0 Å². The van der Waals surface area contributed by atoms with Gasteiger partial charge in [0.25, 0.3) is 0 Å². The summed E-state index contributed by atoms with van der Waals surface area (Å²) in [5.41, 5.74) is 3.24. The molecule has 0 N–H and O–H groups in total. The Hall–Kier alpha value is -2.37. The maximum absolute atomic E-state index is 14.2. The van der Waals surface area contributed by atoms with Crippen LogP contribution in [0.3, 0.4) is 0 Å². The number of aromatic nitrogens is 2. The van der Waals surface area contributed by atoms with Gasteiger partial charge in [0.1, 0.15) is 11.5 Å². The fraction of sp³-hybridized carbons (Fsp3) is 0.143. The molecule has 27 heavy (non-hydrogen) atoms. The van der Waals surface area contributed by atoms with Crippen LogP contribution in [0.25, 0.3) is 31.8 Å². The van der Waals surface area contributed by atoms with Crippen molar-refractivity contribution < 1.29 is 8.78 Å². The Morgan fingerprint density at radius 3 is 2.70 bits per heavy atom. The number of fused-ring (bicyclic) bond motifs is 1. The number of halogens is 3. The zero-order valence-corrected chi connectivity index (χ0v) is 15.6. The van der Waals surface area contributed by atoms with Crippen molar-refractivity contribution in [2.75, 3.05) is 0 Å². The van der Waals surface area contributed by atoms with Crippen molar-refractivity contribution in [1.82, 2.24) is 9.97 Å². The van der Waals surface area contributed by atoms with Gasteiger partial charge in [-0.05, 0) is 70.6 Å². The first-order valence-corrected chi connectivity index (χ1v) is 9.80. The van der Waals surface area contributed by atoms with Crippen LogP contribution < -0.4 is 0 Å². The van der Waals surface area contributed by atoms with E-state index in [9.17, 15) is 8.78 Å². The van der Waals surface area contributed by atoms with E-state index in [1.54, 1.807) is 6.07 Å². The minimum absolute atomic E-state index is 0.00484. The highest BCUT2D eigenvalue weighted by atomic mass is 35.5. The molecule has 2 heterocycles. The zero-order valence-electron chi connectivity index (χ0n) is 14.0. The molecule has 2 aromatic carbocycles. The molecule has 4 aromatic rings. The summed E-state index contributed by atoms with van der Waals surface area (Å²) in [5, 5.41) is 0.970. The Labute approximate surface area is 163 Å². The monoisotopic (exact) mass is 398 g/mol. The molecule has 0 saturated heterocycles. The van der Waals surface area contributed by atoms with Crippen molar-refractivity contribution in [3.63, 3.8) is 0 Å². The normalized spacial score (nSPS) is 14.0. The smallest absolute Gasteiger partial charge is 0.223 e. The average molecular weight is 399 g/mol. The van der Waals surface area contributed by atoms with Crippen molar-refractivity contribution in [1.29, 1.82) is 0 Å². The largest absolute Gasteiger partial charge is 0.223 e. The minimum atomic E-state index is -0.517. The molecule has 0 bridgehead atoms. The highest BCUT2D eigenvalue weighted by molar-refractivity contribution is 7.22. The SMILES string of the molecule is Fc1ccc(C2CC2)c(-c2cccc3cc(-c4nc(Cl)ncc4F)sc23)c1. The second-order valence-electron chi connectivity index (χ2n) is 6.68. The van der Waals surface area contributed by atoms with Gasteiger partial charge in [-0.3, -0.25) is 0 Å². The predicted molar refractivity (Wildman–Crippen MR) is 105 cm³/mol. The Bertz CT molecular complexity index is 1180. The quantitative estimate of drug-likeness (QED) is 0.353. The second-order valence-corrected chi connectivity index (χ2v) is 8.07. The van der Waals surface area contributed by atoms with E-state index in [2.05, 4.69) is 9.97 Å². The van der Waals surface area contributed by atoms with Gasteiger partial charge in [-0.1, -0.05) is 24.3 Å². The number of hydrogen-bond donors (Lipinski definition) is 0. The number of benzene rings is 2. The molecule has 1 saturated carbocycles. The van der Waals surface area contributed by atoms with Crippen LogP contribution >= 0.6 is 22.9 Å².